The third-order valence-corrected chi connectivity index (χ3v) is 2.78. The highest BCUT2D eigenvalue weighted by atomic mass is 32.2. The zero-order valence-electron chi connectivity index (χ0n) is 9.15. The summed E-state index contributed by atoms with van der Waals surface area (Å²) < 4.78 is 27.2. The molecule has 7 heteroatoms. The molecule has 0 aromatic rings. The second kappa shape index (κ2) is 6.04. The Kier molecular flexibility index (Phi) is 5.77. The van der Waals surface area contributed by atoms with Crippen LogP contribution in [-0.2, 0) is 15.0 Å². The van der Waals surface area contributed by atoms with E-state index in [1.54, 1.807) is 0 Å². The maximum absolute atomic E-state index is 11.3. The molecule has 0 aromatic carbocycles. The van der Waals surface area contributed by atoms with Crippen molar-refractivity contribution >= 4 is 16.2 Å². The van der Waals surface area contributed by atoms with Crippen molar-refractivity contribution in [2.45, 2.75) is 33.2 Å². The van der Waals surface area contributed by atoms with E-state index in [-0.39, 0.29) is 12.3 Å². The zero-order chi connectivity index (χ0) is 12.1. The summed E-state index contributed by atoms with van der Waals surface area (Å²) >= 11 is 0. The van der Waals surface area contributed by atoms with E-state index in [1.807, 2.05) is 13.8 Å². The van der Waals surface area contributed by atoms with Crippen molar-refractivity contribution in [2.24, 2.45) is 5.92 Å². The molecule has 90 valence electrons. The van der Waals surface area contributed by atoms with Crippen molar-refractivity contribution in [1.29, 1.82) is 0 Å². The van der Waals surface area contributed by atoms with Crippen molar-refractivity contribution in [3.05, 3.63) is 0 Å². The molecule has 3 N–H and O–H groups in total. The van der Waals surface area contributed by atoms with Crippen molar-refractivity contribution in [3.8, 4) is 0 Å². The van der Waals surface area contributed by atoms with Crippen LogP contribution in [0.1, 0.15) is 27.2 Å². The average Bonchev–Trinajstić information content (AvgIpc) is 1.98. The van der Waals surface area contributed by atoms with E-state index in [1.165, 1.54) is 6.92 Å². The fourth-order valence-electron chi connectivity index (χ4n) is 0.886. The molecule has 0 amide bonds. The summed E-state index contributed by atoms with van der Waals surface area (Å²) in [6.45, 7) is 5.59. The van der Waals surface area contributed by atoms with Gasteiger partial charge in [0, 0.05) is 12.6 Å². The first-order chi connectivity index (χ1) is 6.73. The summed E-state index contributed by atoms with van der Waals surface area (Å²) in [6, 6.07) is -0.618. The molecule has 0 rings (SSSR count). The van der Waals surface area contributed by atoms with Gasteiger partial charge in [0.1, 0.15) is 0 Å². The smallest absolute Gasteiger partial charge is 0.304 e. The minimum atomic E-state index is -3.58. The highest BCUT2D eigenvalue weighted by Gasteiger charge is 2.16. The van der Waals surface area contributed by atoms with Gasteiger partial charge in [-0.2, -0.15) is 13.1 Å². The van der Waals surface area contributed by atoms with Crippen LogP contribution in [0.3, 0.4) is 0 Å². The number of hydrogen-bond acceptors (Lipinski definition) is 3. The number of rotatable bonds is 7. The largest absolute Gasteiger partial charge is 0.481 e. The SMILES string of the molecule is CC(C)CNS(=O)(=O)NC(C)CC(=O)O. The molecule has 0 bridgehead atoms. The second-order valence-electron chi connectivity index (χ2n) is 3.86. The third kappa shape index (κ3) is 8.34. The highest BCUT2D eigenvalue weighted by Crippen LogP contribution is 1.94. The van der Waals surface area contributed by atoms with Crippen molar-refractivity contribution < 1.29 is 18.3 Å². The molecule has 0 saturated heterocycles. The summed E-state index contributed by atoms with van der Waals surface area (Å²) in [6.07, 6.45) is -0.234. The summed E-state index contributed by atoms with van der Waals surface area (Å²) in [5.74, 6) is -0.828. The third-order valence-electron chi connectivity index (χ3n) is 1.52. The van der Waals surface area contributed by atoms with Crippen LogP contribution in [0.2, 0.25) is 0 Å². The van der Waals surface area contributed by atoms with Crippen LogP contribution in [-0.4, -0.2) is 32.1 Å². The van der Waals surface area contributed by atoms with Gasteiger partial charge in [-0.3, -0.25) is 4.79 Å². The van der Waals surface area contributed by atoms with E-state index >= 15 is 0 Å². The van der Waals surface area contributed by atoms with Crippen LogP contribution in [0, 0.1) is 5.92 Å². The van der Waals surface area contributed by atoms with Gasteiger partial charge in [0.2, 0.25) is 0 Å². The van der Waals surface area contributed by atoms with Gasteiger partial charge in [-0.15, -0.1) is 0 Å². The van der Waals surface area contributed by atoms with Crippen LogP contribution in [0.15, 0.2) is 0 Å². The predicted octanol–water partition coefficient (Wildman–Crippen LogP) is -0.0704. The summed E-state index contributed by atoms with van der Waals surface area (Å²) in [4.78, 5) is 10.3. The van der Waals surface area contributed by atoms with Crippen molar-refractivity contribution in [2.75, 3.05) is 6.54 Å². The summed E-state index contributed by atoms with van der Waals surface area (Å²) in [5.41, 5.74) is 0. The first kappa shape index (κ1) is 14.3. The van der Waals surface area contributed by atoms with Crippen molar-refractivity contribution in [1.82, 2.24) is 9.44 Å². The molecule has 0 aliphatic heterocycles. The minimum Gasteiger partial charge on any atom is -0.481 e. The quantitative estimate of drug-likeness (QED) is 0.578. The van der Waals surface area contributed by atoms with E-state index in [0.717, 1.165) is 0 Å². The number of nitrogens with one attached hydrogen (secondary N) is 2. The van der Waals surface area contributed by atoms with Crippen LogP contribution in [0.5, 0.6) is 0 Å². The Morgan fingerprint density at radius 3 is 2.27 bits per heavy atom. The van der Waals surface area contributed by atoms with Crippen LogP contribution in [0.25, 0.3) is 0 Å². The molecule has 0 radical (unpaired) electrons. The molecule has 0 fully saturated rings. The van der Waals surface area contributed by atoms with Crippen LogP contribution >= 0.6 is 0 Å². The van der Waals surface area contributed by atoms with Gasteiger partial charge in [0.25, 0.3) is 10.2 Å². The van der Waals surface area contributed by atoms with E-state index in [4.69, 9.17) is 5.11 Å². The first-order valence-electron chi connectivity index (χ1n) is 4.71. The van der Waals surface area contributed by atoms with Crippen molar-refractivity contribution in [3.63, 3.8) is 0 Å². The number of carboxylic acid groups (broad SMARTS) is 1. The van der Waals surface area contributed by atoms with Gasteiger partial charge in [-0.1, -0.05) is 13.8 Å². The average molecular weight is 238 g/mol. The lowest BCUT2D eigenvalue weighted by atomic mass is 10.2. The Labute approximate surface area is 90.2 Å². The molecule has 0 heterocycles. The molecule has 0 aliphatic rings. The molecular weight excluding hydrogens is 220 g/mol. The molecule has 6 nitrogen and oxygen atoms in total. The van der Waals surface area contributed by atoms with Gasteiger partial charge < -0.3 is 5.11 Å². The maximum Gasteiger partial charge on any atom is 0.304 e. The Morgan fingerprint density at radius 2 is 1.87 bits per heavy atom. The maximum atomic E-state index is 11.3. The minimum absolute atomic E-state index is 0.205. The molecule has 0 spiro atoms. The Morgan fingerprint density at radius 1 is 1.33 bits per heavy atom. The van der Waals surface area contributed by atoms with Gasteiger partial charge in [-0.25, -0.2) is 4.72 Å². The van der Waals surface area contributed by atoms with Gasteiger partial charge >= 0.3 is 5.97 Å². The molecule has 0 aromatic heterocycles. The van der Waals surface area contributed by atoms with E-state index in [2.05, 4.69) is 9.44 Å². The standard InChI is InChI=1S/C8H18N2O4S/c1-6(2)5-9-15(13,14)10-7(3)4-8(11)12/h6-7,9-10H,4-5H2,1-3H3,(H,11,12). The Hall–Kier alpha value is -0.660. The predicted molar refractivity (Wildman–Crippen MR) is 56.6 cm³/mol. The molecular formula is C8H18N2O4S. The van der Waals surface area contributed by atoms with E-state index in [0.29, 0.717) is 6.54 Å². The lowest BCUT2D eigenvalue weighted by Crippen LogP contribution is -2.43. The molecule has 1 unspecified atom stereocenters. The lowest BCUT2D eigenvalue weighted by Gasteiger charge is -2.13. The first-order valence-corrected chi connectivity index (χ1v) is 6.20. The Balaban J connectivity index is 4.08. The van der Waals surface area contributed by atoms with Gasteiger partial charge in [-0.05, 0) is 12.8 Å². The van der Waals surface area contributed by atoms with E-state index in [9.17, 15) is 13.2 Å². The Bertz CT molecular complexity index is 300. The fraction of sp³-hybridized carbons (Fsp3) is 0.875. The molecule has 1 atom stereocenters. The number of aliphatic carboxylic acids is 1. The van der Waals surface area contributed by atoms with Gasteiger partial charge in [0.15, 0.2) is 0 Å². The van der Waals surface area contributed by atoms with Crippen LogP contribution in [0.4, 0.5) is 0 Å². The van der Waals surface area contributed by atoms with Crippen LogP contribution < -0.4 is 9.44 Å². The highest BCUT2D eigenvalue weighted by molar-refractivity contribution is 7.87. The number of carboxylic acids is 1. The summed E-state index contributed by atoms with van der Waals surface area (Å²) in [5, 5.41) is 8.44. The molecule has 0 saturated carbocycles. The fourth-order valence-corrected chi connectivity index (χ4v) is 2.14. The van der Waals surface area contributed by atoms with E-state index < -0.39 is 22.2 Å². The zero-order valence-corrected chi connectivity index (χ0v) is 9.97. The lowest BCUT2D eigenvalue weighted by molar-refractivity contribution is -0.137. The number of carbonyl (C=O) groups is 1. The topological polar surface area (TPSA) is 95.5 Å². The normalized spacial score (nSPS) is 14.1. The molecule has 0 aliphatic carbocycles. The van der Waals surface area contributed by atoms with Gasteiger partial charge in [0.05, 0.1) is 6.42 Å². The number of hydrogen-bond donors (Lipinski definition) is 3. The second-order valence-corrected chi connectivity index (χ2v) is 5.39. The summed E-state index contributed by atoms with van der Waals surface area (Å²) in [7, 11) is -3.58. The molecule has 15 heavy (non-hydrogen) atoms. The monoisotopic (exact) mass is 238 g/mol.